The molecule has 1 amide bonds. The Morgan fingerprint density at radius 1 is 1.10 bits per heavy atom. The number of halogens is 1. The molecule has 31 heavy (non-hydrogen) atoms. The fraction of sp³-hybridized carbons (Fsp3) is 0.333. The molecule has 2 aromatic rings. The zero-order valence-corrected chi connectivity index (χ0v) is 18.0. The van der Waals surface area contributed by atoms with Gasteiger partial charge in [-0.25, -0.2) is 4.39 Å². The lowest BCUT2D eigenvalue weighted by Gasteiger charge is -2.28. The molecular weight excluding hydrogens is 399 g/mol. The summed E-state index contributed by atoms with van der Waals surface area (Å²) in [5, 5.41) is 11.0. The van der Waals surface area contributed by atoms with E-state index in [-0.39, 0.29) is 23.4 Å². The minimum Gasteiger partial charge on any atom is -0.507 e. The smallest absolute Gasteiger partial charge is 0.295 e. The van der Waals surface area contributed by atoms with Gasteiger partial charge in [0.2, 0.25) is 0 Å². The van der Waals surface area contributed by atoms with E-state index in [4.69, 9.17) is 4.74 Å². The monoisotopic (exact) mass is 426 g/mol. The number of carbonyl (C=O) groups is 2. The number of rotatable bonds is 8. The highest BCUT2D eigenvalue weighted by molar-refractivity contribution is 6.46. The van der Waals surface area contributed by atoms with Gasteiger partial charge in [-0.15, -0.1) is 0 Å². The third-order valence-electron chi connectivity index (χ3n) is 5.65. The van der Waals surface area contributed by atoms with Gasteiger partial charge < -0.3 is 19.6 Å². The largest absolute Gasteiger partial charge is 0.507 e. The Hall–Kier alpha value is -3.19. The molecule has 0 aromatic heterocycles. The molecule has 1 atom stereocenters. The number of amides is 1. The average Bonchev–Trinajstić information content (AvgIpc) is 3.04. The van der Waals surface area contributed by atoms with E-state index in [1.54, 1.807) is 36.4 Å². The van der Waals surface area contributed by atoms with Crippen LogP contribution in [-0.2, 0) is 9.59 Å². The first kappa shape index (κ1) is 22.5. The SMILES string of the molecule is CCN(CC)CCN1C(=O)C(=O)C(=C(O)c2ccc(OC)cc2)[C@H]1c1ccccc1F. The first-order valence-electron chi connectivity index (χ1n) is 10.3. The number of aliphatic hydroxyl groups is 1. The van der Waals surface area contributed by atoms with Crippen LogP contribution in [0.5, 0.6) is 5.75 Å². The van der Waals surface area contributed by atoms with E-state index in [0.29, 0.717) is 17.9 Å². The van der Waals surface area contributed by atoms with Crippen LogP contribution in [0.15, 0.2) is 54.1 Å². The van der Waals surface area contributed by atoms with E-state index in [2.05, 4.69) is 4.90 Å². The lowest BCUT2D eigenvalue weighted by Crippen LogP contribution is -2.38. The first-order chi connectivity index (χ1) is 14.9. The van der Waals surface area contributed by atoms with E-state index < -0.39 is 23.5 Å². The molecule has 164 valence electrons. The third kappa shape index (κ3) is 4.46. The maximum absolute atomic E-state index is 14.8. The zero-order valence-electron chi connectivity index (χ0n) is 18.0. The van der Waals surface area contributed by atoms with Crippen molar-refractivity contribution in [2.75, 3.05) is 33.3 Å². The summed E-state index contributed by atoms with van der Waals surface area (Å²) in [6, 6.07) is 11.5. The summed E-state index contributed by atoms with van der Waals surface area (Å²) >= 11 is 0. The Morgan fingerprint density at radius 3 is 2.32 bits per heavy atom. The Kier molecular flexibility index (Phi) is 7.07. The number of aliphatic hydroxyl groups excluding tert-OH is 1. The van der Waals surface area contributed by atoms with Gasteiger partial charge in [0.1, 0.15) is 17.3 Å². The molecule has 1 heterocycles. The number of benzene rings is 2. The molecule has 0 radical (unpaired) electrons. The van der Waals surface area contributed by atoms with Gasteiger partial charge in [0.15, 0.2) is 0 Å². The van der Waals surface area contributed by atoms with E-state index in [1.165, 1.54) is 24.1 Å². The van der Waals surface area contributed by atoms with Gasteiger partial charge in [-0.05, 0) is 43.4 Å². The second kappa shape index (κ2) is 9.75. The number of Topliss-reactive ketones (excluding diaryl/α,β-unsaturated/α-hetero) is 1. The summed E-state index contributed by atoms with van der Waals surface area (Å²) in [5.74, 6) is -1.85. The van der Waals surface area contributed by atoms with Gasteiger partial charge in [0, 0.05) is 24.2 Å². The van der Waals surface area contributed by atoms with Crippen molar-refractivity contribution >= 4 is 17.4 Å². The van der Waals surface area contributed by atoms with Gasteiger partial charge in [-0.1, -0.05) is 32.0 Å². The summed E-state index contributed by atoms with van der Waals surface area (Å²) < 4.78 is 19.9. The second-order valence-corrected chi connectivity index (χ2v) is 7.27. The predicted molar refractivity (Wildman–Crippen MR) is 116 cm³/mol. The van der Waals surface area contributed by atoms with Crippen molar-refractivity contribution in [1.82, 2.24) is 9.80 Å². The fourth-order valence-corrected chi connectivity index (χ4v) is 3.82. The molecule has 1 aliphatic heterocycles. The topological polar surface area (TPSA) is 70.1 Å². The maximum Gasteiger partial charge on any atom is 0.295 e. The zero-order chi connectivity index (χ0) is 22.5. The number of ketones is 1. The first-order valence-corrected chi connectivity index (χ1v) is 10.3. The van der Waals surface area contributed by atoms with Crippen molar-refractivity contribution in [2.45, 2.75) is 19.9 Å². The van der Waals surface area contributed by atoms with Gasteiger partial charge >= 0.3 is 0 Å². The molecule has 7 heteroatoms. The number of likely N-dealkylation sites (tertiary alicyclic amines) is 1. The Bertz CT molecular complexity index is 983. The molecular formula is C24H27FN2O4. The molecule has 0 saturated carbocycles. The minimum absolute atomic E-state index is 0.111. The Morgan fingerprint density at radius 2 is 1.74 bits per heavy atom. The van der Waals surface area contributed by atoms with Crippen LogP contribution < -0.4 is 4.74 Å². The number of carbonyl (C=O) groups excluding carboxylic acids is 2. The molecule has 0 bridgehead atoms. The van der Waals surface area contributed by atoms with Crippen LogP contribution in [0.3, 0.4) is 0 Å². The lowest BCUT2D eigenvalue weighted by atomic mass is 9.95. The van der Waals surface area contributed by atoms with Crippen molar-refractivity contribution in [3.63, 3.8) is 0 Å². The molecule has 1 aliphatic rings. The van der Waals surface area contributed by atoms with E-state index in [1.807, 2.05) is 13.8 Å². The quantitative estimate of drug-likeness (QED) is 0.397. The van der Waals surface area contributed by atoms with Crippen molar-refractivity contribution in [3.05, 3.63) is 71.0 Å². The number of hydrogen-bond acceptors (Lipinski definition) is 5. The number of methoxy groups -OCH3 is 1. The highest BCUT2D eigenvalue weighted by Gasteiger charge is 2.46. The van der Waals surface area contributed by atoms with Crippen molar-refractivity contribution < 1.29 is 23.8 Å². The highest BCUT2D eigenvalue weighted by Crippen LogP contribution is 2.40. The van der Waals surface area contributed by atoms with Crippen LogP contribution in [-0.4, -0.2) is 59.9 Å². The van der Waals surface area contributed by atoms with Crippen LogP contribution in [0.2, 0.25) is 0 Å². The molecule has 1 fully saturated rings. The summed E-state index contributed by atoms with van der Waals surface area (Å²) in [4.78, 5) is 29.3. The van der Waals surface area contributed by atoms with Gasteiger partial charge in [-0.3, -0.25) is 9.59 Å². The molecule has 0 spiro atoms. The second-order valence-electron chi connectivity index (χ2n) is 7.27. The van der Waals surface area contributed by atoms with Crippen molar-refractivity contribution in [3.8, 4) is 5.75 Å². The molecule has 0 unspecified atom stereocenters. The maximum atomic E-state index is 14.8. The van der Waals surface area contributed by atoms with Crippen LogP contribution in [0, 0.1) is 5.82 Å². The third-order valence-corrected chi connectivity index (χ3v) is 5.65. The highest BCUT2D eigenvalue weighted by atomic mass is 19.1. The predicted octanol–water partition coefficient (Wildman–Crippen LogP) is 3.60. The molecule has 0 aliphatic carbocycles. The van der Waals surface area contributed by atoms with Crippen molar-refractivity contribution in [1.29, 1.82) is 0 Å². The normalized spacial score (nSPS) is 18.1. The lowest BCUT2D eigenvalue weighted by molar-refractivity contribution is -0.140. The molecule has 3 rings (SSSR count). The summed E-state index contributed by atoms with van der Waals surface area (Å²) in [5.41, 5.74) is 0.417. The van der Waals surface area contributed by atoms with E-state index >= 15 is 0 Å². The number of ether oxygens (including phenoxy) is 1. The Labute approximate surface area is 181 Å². The Balaban J connectivity index is 2.10. The minimum atomic E-state index is -1.00. The number of nitrogens with zero attached hydrogens (tertiary/aromatic N) is 2. The summed E-state index contributed by atoms with van der Waals surface area (Å²) in [7, 11) is 1.52. The molecule has 6 nitrogen and oxygen atoms in total. The fourth-order valence-electron chi connectivity index (χ4n) is 3.82. The van der Waals surface area contributed by atoms with Crippen LogP contribution in [0.4, 0.5) is 4.39 Å². The number of likely N-dealkylation sites (N-methyl/N-ethyl adjacent to an activating group) is 1. The van der Waals surface area contributed by atoms with Gasteiger partial charge in [0.05, 0.1) is 18.7 Å². The number of hydrogen-bond donors (Lipinski definition) is 1. The van der Waals surface area contributed by atoms with Crippen LogP contribution >= 0.6 is 0 Å². The molecule has 1 saturated heterocycles. The van der Waals surface area contributed by atoms with Crippen LogP contribution in [0.1, 0.15) is 31.0 Å². The molecule has 1 N–H and O–H groups in total. The summed E-state index contributed by atoms with van der Waals surface area (Å²) in [6.45, 7) is 6.37. The van der Waals surface area contributed by atoms with E-state index in [0.717, 1.165) is 13.1 Å². The summed E-state index contributed by atoms with van der Waals surface area (Å²) in [6.07, 6.45) is 0. The molecule has 2 aromatic carbocycles. The van der Waals surface area contributed by atoms with Gasteiger partial charge in [-0.2, -0.15) is 0 Å². The van der Waals surface area contributed by atoms with Gasteiger partial charge in [0.25, 0.3) is 11.7 Å². The van der Waals surface area contributed by atoms with E-state index in [9.17, 15) is 19.1 Å². The standard InChI is InChI=1S/C24H27FN2O4/c1-4-26(5-2)14-15-27-21(18-8-6-7-9-19(18)25)20(23(29)24(27)30)22(28)16-10-12-17(31-3)13-11-16/h6-13,21,28H,4-5,14-15H2,1-3H3/t21-/m1/s1. The average molecular weight is 426 g/mol. The van der Waals surface area contributed by atoms with Crippen LogP contribution in [0.25, 0.3) is 5.76 Å². The van der Waals surface area contributed by atoms with Crippen molar-refractivity contribution in [2.24, 2.45) is 0 Å².